The minimum atomic E-state index is -0.445. The highest BCUT2D eigenvalue weighted by molar-refractivity contribution is 6.64. The first-order valence-corrected chi connectivity index (χ1v) is 4.78. The predicted molar refractivity (Wildman–Crippen MR) is 55.6 cm³/mol. The Morgan fingerprint density at radius 1 is 0.929 bits per heavy atom. The van der Waals surface area contributed by atoms with E-state index in [2.05, 4.69) is 0 Å². The molecule has 1 aromatic carbocycles. The third-order valence-corrected chi connectivity index (χ3v) is 2.04. The normalized spacial score (nSPS) is 9.86. The van der Waals surface area contributed by atoms with E-state index < -0.39 is 10.5 Å². The summed E-state index contributed by atoms with van der Waals surface area (Å²) in [6.45, 7) is 0. The van der Waals surface area contributed by atoms with E-state index in [1.807, 2.05) is 0 Å². The van der Waals surface area contributed by atoms with E-state index in [1.165, 1.54) is 0 Å². The van der Waals surface area contributed by atoms with Gasteiger partial charge >= 0.3 is 0 Å². The van der Waals surface area contributed by atoms with E-state index in [4.69, 9.17) is 23.2 Å². The molecular weight excluding hydrogens is 223 g/mol. The highest BCUT2D eigenvalue weighted by Gasteiger charge is 2.07. The highest BCUT2D eigenvalue weighted by Crippen LogP contribution is 2.12. The summed E-state index contributed by atoms with van der Waals surface area (Å²) in [4.78, 5) is 21.4. The van der Waals surface area contributed by atoms with Crippen LogP contribution in [0, 0.1) is 0 Å². The molecule has 0 heterocycles. The van der Waals surface area contributed by atoms with Gasteiger partial charge in [-0.25, -0.2) is 0 Å². The summed E-state index contributed by atoms with van der Waals surface area (Å²) in [6, 6.07) is 7.10. The smallest absolute Gasteiger partial charge is 0.226 e. The molecule has 0 atom stereocenters. The fourth-order valence-electron chi connectivity index (χ4n) is 1.20. The van der Waals surface area contributed by atoms with Gasteiger partial charge in [0.2, 0.25) is 10.5 Å². The van der Waals surface area contributed by atoms with Crippen LogP contribution in [0.3, 0.4) is 0 Å². The van der Waals surface area contributed by atoms with Crippen LogP contribution in [0.15, 0.2) is 24.3 Å². The molecule has 0 fully saturated rings. The van der Waals surface area contributed by atoms with Crippen LogP contribution in [0.25, 0.3) is 0 Å². The molecule has 14 heavy (non-hydrogen) atoms. The molecule has 74 valence electrons. The molecule has 0 bridgehead atoms. The molecule has 0 unspecified atom stereocenters. The lowest BCUT2D eigenvalue weighted by molar-refractivity contribution is -0.112. The molecule has 0 saturated carbocycles. The van der Waals surface area contributed by atoms with Gasteiger partial charge in [-0.1, -0.05) is 24.3 Å². The molecule has 2 nitrogen and oxygen atoms in total. The van der Waals surface area contributed by atoms with Crippen molar-refractivity contribution in [1.29, 1.82) is 0 Å². The van der Waals surface area contributed by atoms with Gasteiger partial charge in [0.25, 0.3) is 0 Å². The van der Waals surface area contributed by atoms with Gasteiger partial charge in [0.15, 0.2) is 0 Å². The zero-order valence-corrected chi connectivity index (χ0v) is 8.81. The second kappa shape index (κ2) is 5.13. The van der Waals surface area contributed by atoms with Gasteiger partial charge in [0.05, 0.1) is 0 Å². The Hall–Kier alpha value is -0.860. The van der Waals surface area contributed by atoms with Gasteiger partial charge in [-0.2, -0.15) is 0 Å². The van der Waals surface area contributed by atoms with Gasteiger partial charge < -0.3 is 0 Å². The van der Waals surface area contributed by atoms with E-state index in [0.717, 1.165) is 11.1 Å². The van der Waals surface area contributed by atoms with E-state index in [1.54, 1.807) is 24.3 Å². The Balaban J connectivity index is 2.90. The third kappa shape index (κ3) is 3.48. The van der Waals surface area contributed by atoms with Crippen LogP contribution in [0.2, 0.25) is 0 Å². The maximum atomic E-state index is 10.7. The number of carbonyl (C=O) groups is 2. The monoisotopic (exact) mass is 230 g/mol. The van der Waals surface area contributed by atoms with Crippen molar-refractivity contribution < 1.29 is 9.59 Å². The van der Waals surface area contributed by atoms with Crippen molar-refractivity contribution in [2.75, 3.05) is 0 Å². The molecule has 0 spiro atoms. The van der Waals surface area contributed by atoms with Gasteiger partial charge in [0.1, 0.15) is 0 Å². The highest BCUT2D eigenvalue weighted by atomic mass is 35.5. The first-order chi connectivity index (χ1) is 6.59. The van der Waals surface area contributed by atoms with Crippen LogP contribution in [-0.4, -0.2) is 10.5 Å². The topological polar surface area (TPSA) is 34.1 Å². The number of benzene rings is 1. The first-order valence-electron chi connectivity index (χ1n) is 4.03. The maximum absolute atomic E-state index is 10.7. The molecular formula is C10H8Cl2O2. The number of carbonyl (C=O) groups excluding carboxylic acids is 2. The summed E-state index contributed by atoms with van der Waals surface area (Å²) in [5, 5.41) is -0.890. The van der Waals surface area contributed by atoms with Crippen LogP contribution in [0.5, 0.6) is 0 Å². The molecule has 0 amide bonds. The predicted octanol–water partition coefficient (Wildman–Crippen LogP) is 2.30. The summed E-state index contributed by atoms with van der Waals surface area (Å²) in [6.07, 6.45) is 0.254. The minimum Gasteiger partial charge on any atom is -0.281 e. The fraction of sp³-hybridized carbons (Fsp3) is 0.200. The van der Waals surface area contributed by atoms with Crippen molar-refractivity contribution in [2.24, 2.45) is 0 Å². The number of hydrogen-bond acceptors (Lipinski definition) is 2. The Kier molecular flexibility index (Phi) is 4.11. The molecule has 0 N–H and O–H groups in total. The molecule has 0 aliphatic rings. The summed E-state index contributed by atoms with van der Waals surface area (Å²) in [7, 11) is 0. The number of rotatable bonds is 4. The number of halogens is 2. The SMILES string of the molecule is O=C(Cl)Cc1ccccc1CC(=O)Cl. The van der Waals surface area contributed by atoms with Crippen LogP contribution < -0.4 is 0 Å². The summed E-state index contributed by atoms with van der Waals surface area (Å²) >= 11 is 10.5. The van der Waals surface area contributed by atoms with Crippen LogP contribution in [0.4, 0.5) is 0 Å². The maximum Gasteiger partial charge on any atom is 0.226 e. The quantitative estimate of drug-likeness (QED) is 0.745. The Bertz CT molecular complexity index is 326. The van der Waals surface area contributed by atoms with Crippen molar-refractivity contribution in [3.8, 4) is 0 Å². The fourth-order valence-corrected chi connectivity index (χ4v) is 1.49. The molecule has 0 aliphatic carbocycles. The number of hydrogen-bond donors (Lipinski definition) is 0. The van der Waals surface area contributed by atoms with E-state index in [0.29, 0.717) is 0 Å². The van der Waals surface area contributed by atoms with Crippen LogP contribution in [0.1, 0.15) is 11.1 Å². The average Bonchev–Trinajstić information content (AvgIpc) is 2.06. The zero-order chi connectivity index (χ0) is 10.6. The minimum absolute atomic E-state index is 0.127. The standard InChI is InChI=1S/C10H8Cl2O2/c11-9(13)5-7-3-1-2-4-8(7)6-10(12)14/h1-4H,5-6H2. The lowest BCUT2D eigenvalue weighted by Crippen LogP contribution is -2.02. The molecule has 0 radical (unpaired) electrons. The molecule has 1 aromatic rings. The van der Waals surface area contributed by atoms with E-state index >= 15 is 0 Å². The van der Waals surface area contributed by atoms with Crippen LogP contribution >= 0.6 is 23.2 Å². The lowest BCUT2D eigenvalue weighted by Gasteiger charge is -2.04. The van der Waals surface area contributed by atoms with Gasteiger partial charge in [-0.15, -0.1) is 0 Å². The van der Waals surface area contributed by atoms with Crippen LogP contribution in [-0.2, 0) is 22.4 Å². The molecule has 1 rings (SSSR count). The Morgan fingerprint density at radius 2 is 1.29 bits per heavy atom. The third-order valence-electron chi connectivity index (χ3n) is 1.78. The molecule has 0 saturated heterocycles. The van der Waals surface area contributed by atoms with Crippen molar-refractivity contribution in [1.82, 2.24) is 0 Å². The van der Waals surface area contributed by atoms with E-state index in [9.17, 15) is 9.59 Å². The molecule has 0 aromatic heterocycles. The Morgan fingerprint density at radius 3 is 1.57 bits per heavy atom. The lowest BCUT2D eigenvalue weighted by atomic mass is 10.0. The van der Waals surface area contributed by atoms with Crippen molar-refractivity contribution in [3.63, 3.8) is 0 Å². The van der Waals surface area contributed by atoms with Gasteiger partial charge in [-0.05, 0) is 34.3 Å². The second-order valence-corrected chi connectivity index (χ2v) is 3.68. The second-order valence-electron chi connectivity index (χ2n) is 2.83. The summed E-state index contributed by atoms with van der Waals surface area (Å²) in [5.41, 5.74) is 1.50. The largest absolute Gasteiger partial charge is 0.281 e. The van der Waals surface area contributed by atoms with Crippen molar-refractivity contribution >= 4 is 33.7 Å². The first kappa shape index (κ1) is 11.2. The molecule has 4 heteroatoms. The van der Waals surface area contributed by atoms with Crippen molar-refractivity contribution in [2.45, 2.75) is 12.8 Å². The summed E-state index contributed by atoms with van der Waals surface area (Å²) < 4.78 is 0. The Labute approximate surface area is 91.8 Å². The van der Waals surface area contributed by atoms with Gasteiger partial charge in [0, 0.05) is 12.8 Å². The van der Waals surface area contributed by atoms with Crippen molar-refractivity contribution in [3.05, 3.63) is 35.4 Å². The average molecular weight is 231 g/mol. The van der Waals surface area contributed by atoms with Gasteiger partial charge in [-0.3, -0.25) is 9.59 Å². The zero-order valence-electron chi connectivity index (χ0n) is 7.30. The summed E-state index contributed by atoms with van der Waals surface area (Å²) in [5.74, 6) is 0. The van der Waals surface area contributed by atoms with E-state index in [-0.39, 0.29) is 12.8 Å². The molecule has 0 aliphatic heterocycles.